The van der Waals surface area contributed by atoms with Gasteiger partial charge in [0.2, 0.25) is 0 Å². The van der Waals surface area contributed by atoms with Crippen molar-refractivity contribution in [3.8, 4) is 0 Å². The Labute approximate surface area is 178 Å². The van der Waals surface area contributed by atoms with Crippen molar-refractivity contribution in [3.63, 3.8) is 0 Å². The third-order valence-corrected chi connectivity index (χ3v) is 6.30. The maximum absolute atomic E-state index is 2.39. The van der Waals surface area contributed by atoms with E-state index in [1.165, 1.54) is 70.6 Å². The van der Waals surface area contributed by atoms with Gasteiger partial charge in [-0.25, -0.2) is 0 Å². The molecule has 2 saturated carbocycles. The summed E-state index contributed by atoms with van der Waals surface area (Å²) in [5.74, 6) is 2.34. The summed E-state index contributed by atoms with van der Waals surface area (Å²) in [6, 6.07) is 0. The molecular weight excluding hydrogens is 344 g/mol. The van der Waals surface area contributed by atoms with Gasteiger partial charge in [0.15, 0.2) is 0 Å². The SMILES string of the molecule is C1CC2CCC1C2.CC.CC.CN1CCCN(C)CC1.CN1CCN(C)CC1. The fourth-order valence-corrected chi connectivity index (χ4v) is 4.26. The third-order valence-electron chi connectivity index (χ3n) is 6.30. The van der Waals surface area contributed by atoms with E-state index in [0.717, 1.165) is 0 Å². The molecule has 2 aliphatic heterocycles. The zero-order valence-corrected chi connectivity index (χ0v) is 20.8. The van der Waals surface area contributed by atoms with Gasteiger partial charge < -0.3 is 19.6 Å². The number of likely N-dealkylation sites (N-methyl/N-ethyl adjacent to an activating group) is 4. The molecular formula is C24H54N4. The van der Waals surface area contributed by atoms with E-state index in [-0.39, 0.29) is 0 Å². The van der Waals surface area contributed by atoms with Crippen LogP contribution in [0.1, 0.15) is 66.2 Å². The second-order valence-corrected chi connectivity index (χ2v) is 8.69. The molecule has 4 heteroatoms. The fraction of sp³-hybridized carbons (Fsp3) is 1.00. The van der Waals surface area contributed by atoms with Crippen LogP contribution in [0.25, 0.3) is 0 Å². The molecule has 170 valence electrons. The molecule has 2 bridgehead atoms. The van der Waals surface area contributed by atoms with Crippen LogP contribution in [0.5, 0.6) is 0 Å². The number of piperazine rings is 1. The van der Waals surface area contributed by atoms with E-state index in [0.29, 0.717) is 0 Å². The van der Waals surface area contributed by atoms with Gasteiger partial charge in [-0.3, -0.25) is 0 Å². The Morgan fingerprint density at radius 3 is 0.893 bits per heavy atom. The van der Waals surface area contributed by atoms with Crippen LogP contribution in [-0.4, -0.2) is 100 Å². The number of rotatable bonds is 0. The summed E-state index contributed by atoms with van der Waals surface area (Å²) in [7, 11) is 8.73. The molecule has 0 N–H and O–H groups in total. The molecule has 0 unspecified atom stereocenters. The molecule has 4 rings (SSSR count). The second-order valence-electron chi connectivity index (χ2n) is 8.69. The molecule has 0 radical (unpaired) electrons. The monoisotopic (exact) mass is 398 g/mol. The predicted octanol–water partition coefficient (Wildman–Crippen LogP) is 4.37. The highest BCUT2D eigenvalue weighted by Crippen LogP contribution is 2.43. The first-order chi connectivity index (χ1) is 13.5. The lowest BCUT2D eigenvalue weighted by Crippen LogP contribution is -2.42. The fourth-order valence-electron chi connectivity index (χ4n) is 4.26. The molecule has 0 spiro atoms. The van der Waals surface area contributed by atoms with E-state index in [2.05, 4.69) is 47.8 Å². The number of hydrogen-bond donors (Lipinski definition) is 0. The molecule has 2 heterocycles. The molecule has 0 aromatic carbocycles. The van der Waals surface area contributed by atoms with Crippen LogP contribution in [0, 0.1) is 11.8 Å². The molecule has 0 aromatic rings. The Bertz CT molecular complexity index is 291. The molecule has 4 fully saturated rings. The van der Waals surface area contributed by atoms with E-state index < -0.39 is 0 Å². The summed E-state index contributed by atoms with van der Waals surface area (Å²) >= 11 is 0. The summed E-state index contributed by atoms with van der Waals surface area (Å²) in [6.07, 6.45) is 9.15. The van der Waals surface area contributed by atoms with Crippen molar-refractivity contribution in [1.29, 1.82) is 0 Å². The zero-order chi connectivity index (χ0) is 21.4. The highest BCUT2D eigenvalue weighted by molar-refractivity contribution is 4.82. The van der Waals surface area contributed by atoms with Crippen molar-refractivity contribution < 1.29 is 0 Å². The van der Waals surface area contributed by atoms with Gasteiger partial charge in [-0.1, -0.05) is 53.4 Å². The molecule has 4 nitrogen and oxygen atoms in total. The first kappa shape index (κ1) is 27.8. The lowest BCUT2D eigenvalue weighted by molar-refractivity contribution is 0.181. The molecule has 2 aliphatic carbocycles. The molecule has 0 amide bonds. The van der Waals surface area contributed by atoms with Crippen LogP contribution in [0.2, 0.25) is 0 Å². The molecule has 4 aliphatic rings. The van der Waals surface area contributed by atoms with Gasteiger partial charge in [0, 0.05) is 39.3 Å². The van der Waals surface area contributed by atoms with Crippen molar-refractivity contribution in [2.24, 2.45) is 11.8 Å². The number of nitrogens with zero attached hydrogens (tertiary/aromatic N) is 4. The van der Waals surface area contributed by atoms with Gasteiger partial charge in [0.05, 0.1) is 0 Å². The van der Waals surface area contributed by atoms with Crippen LogP contribution >= 0.6 is 0 Å². The number of hydrogen-bond acceptors (Lipinski definition) is 4. The van der Waals surface area contributed by atoms with E-state index in [1.54, 1.807) is 32.1 Å². The Balaban J connectivity index is 0.000000360. The first-order valence-electron chi connectivity index (χ1n) is 12.3. The van der Waals surface area contributed by atoms with E-state index in [1.807, 2.05) is 27.7 Å². The molecule has 2 saturated heterocycles. The largest absolute Gasteiger partial charge is 0.305 e. The summed E-state index contributed by atoms with van der Waals surface area (Å²) in [6.45, 7) is 17.9. The lowest BCUT2D eigenvalue weighted by Gasteiger charge is -2.28. The van der Waals surface area contributed by atoms with Crippen molar-refractivity contribution >= 4 is 0 Å². The van der Waals surface area contributed by atoms with E-state index in [9.17, 15) is 0 Å². The van der Waals surface area contributed by atoms with Gasteiger partial charge in [-0.2, -0.15) is 0 Å². The predicted molar refractivity (Wildman–Crippen MR) is 127 cm³/mol. The van der Waals surface area contributed by atoms with Crippen LogP contribution in [0.15, 0.2) is 0 Å². The van der Waals surface area contributed by atoms with Gasteiger partial charge in [0.1, 0.15) is 0 Å². The van der Waals surface area contributed by atoms with E-state index >= 15 is 0 Å². The quantitative estimate of drug-likeness (QED) is 0.601. The van der Waals surface area contributed by atoms with Gasteiger partial charge in [0.25, 0.3) is 0 Å². The Kier molecular flexibility index (Phi) is 17.6. The Morgan fingerprint density at radius 1 is 0.429 bits per heavy atom. The number of fused-ring (bicyclic) bond motifs is 2. The average molecular weight is 399 g/mol. The van der Waals surface area contributed by atoms with E-state index in [4.69, 9.17) is 0 Å². The zero-order valence-electron chi connectivity index (χ0n) is 20.8. The van der Waals surface area contributed by atoms with Gasteiger partial charge in [-0.05, 0) is 66.0 Å². The second kappa shape index (κ2) is 17.7. The smallest absolute Gasteiger partial charge is 0.0107 e. The summed E-state index contributed by atoms with van der Waals surface area (Å²) in [4.78, 5) is 9.51. The van der Waals surface area contributed by atoms with Crippen molar-refractivity contribution in [3.05, 3.63) is 0 Å². The van der Waals surface area contributed by atoms with Gasteiger partial charge >= 0.3 is 0 Å². The maximum atomic E-state index is 2.39. The molecule has 0 aromatic heterocycles. The molecule has 28 heavy (non-hydrogen) atoms. The van der Waals surface area contributed by atoms with Crippen molar-refractivity contribution in [2.75, 3.05) is 80.5 Å². The van der Waals surface area contributed by atoms with Crippen LogP contribution < -0.4 is 0 Å². The summed E-state index contributed by atoms with van der Waals surface area (Å²) in [5, 5.41) is 0. The minimum absolute atomic E-state index is 1.17. The Morgan fingerprint density at radius 2 is 0.679 bits per heavy atom. The normalized spacial score (nSPS) is 28.3. The maximum Gasteiger partial charge on any atom is 0.0107 e. The minimum Gasteiger partial charge on any atom is -0.305 e. The Hall–Kier alpha value is -0.160. The average Bonchev–Trinajstić information content (AvgIpc) is 3.34. The summed E-state index contributed by atoms with van der Waals surface area (Å²) < 4.78 is 0. The van der Waals surface area contributed by atoms with Crippen molar-refractivity contribution in [1.82, 2.24) is 19.6 Å². The van der Waals surface area contributed by atoms with Crippen LogP contribution in [0.4, 0.5) is 0 Å². The van der Waals surface area contributed by atoms with Crippen molar-refractivity contribution in [2.45, 2.75) is 66.2 Å². The topological polar surface area (TPSA) is 13.0 Å². The highest BCUT2D eigenvalue weighted by Gasteiger charge is 2.30. The standard InChI is InChI=1S/C7H16N2.C7H12.C6H14N2.2C2H6/c1-8-4-3-5-9(2)7-6-8;1-2-7-4-3-6(1)5-7;1-7-3-5-8(2)6-4-7;2*1-2/h3-7H2,1-2H3;6-7H,1-5H2;3-6H2,1-2H3;2*1-2H3. The minimum atomic E-state index is 1.17. The van der Waals surface area contributed by atoms with Crippen LogP contribution in [0.3, 0.4) is 0 Å². The van der Waals surface area contributed by atoms with Gasteiger partial charge in [-0.15, -0.1) is 0 Å². The lowest BCUT2D eigenvalue weighted by atomic mass is 10.0. The highest BCUT2D eigenvalue weighted by atomic mass is 15.2. The summed E-state index contributed by atoms with van der Waals surface area (Å²) in [5.41, 5.74) is 0. The molecule has 0 atom stereocenters. The third kappa shape index (κ3) is 13.1. The first-order valence-corrected chi connectivity index (χ1v) is 12.3. The van der Waals surface area contributed by atoms with Crippen LogP contribution in [-0.2, 0) is 0 Å².